The van der Waals surface area contributed by atoms with E-state index in [1.54, 1.807) is 11.8 Å². The highest BCUT2D eigenvalue weighted by atomic mass is 32.2. The molecule has 0 aromatic heterocycles. The molecule has 3 nitrogen and oxygen atoms in total. The zero-order valence-electron chi connectivity index (χ0n) is 11.5. The number of nitrogens with one attached hydrogen (secondary N) is 1. The molecule has 1 fully saturated rings. The molecule has 1 aliphatic carbocycles. The first kappa shape index (κ1) is 15.8. The van der Waals surface area contributed by atoms with Crippen molar-refractivity contribution in [2.75, 3.05) is 24.7 Å². The van der Waals surface area contributed by atoms with Gasteiger partial charge in [0, 0.05) is 24.3 Å². The topological polar surface area (TPSA) is 49.3 Å². The van der Waals surface area contributed by atoms with Crippen molar-refractivity contribution in [2.45, 2.75) is 51.9 Å². The summed E-state index contributed by atoms with van der Waals surface area (Å²) in [6, 6.07) is 0. The van der Waals surface area contributed by atoms with Gasteiger partial charge in [-0.3, -0.25) is 4.79 Å². The highest BCUT2D eigenvalue weighted by molar-refractivity contribution is 7.99. The van der Waals surface area contributed by atoms with Gasteiger partial charge in [0.25, 0.3) is 0 Å². The van der Waals surface area contributed by atoms with E-state index in [0.717, 1.165) is 37.3 Å². The van der Waals surface area contributed by atoms with Crippen molar-refractivity contribution >= 4 is 17.7 Å². The number of rotatable bonds is 7. The first-order valence-electron chi connectivity index (χ1n) is 7.16. The molecule has 0 bridgehead atoms. The first-order chi connectivity index (χ1) is 8.69. The maximum atomic E-state index is 12.2. The molecule has 0 unspecified atom stereocenters. The van der Waals surface area contributed by atoms with Crippen LogP contribution in [0.25, 0.3) is 0 Å². The lowest BCUT2D eigenvalue weighted by Gasteiger charge is -2.26. The molecule has 1 aliphatic rings. The number of carbonyl (C=O) groups is 1. The molecular weight excluding hydrogens is 246 g/mol. The molecule has 1 saturated carbocycles. The first-order valence-corrected chi connectivity index (χ1v) is 8.31. The molecule has 18 heavy (non-hydrogen) atoms. The number of carbonyl (C=O) groups excluding carboxylic acids is 1. The molecule has 0 aliphatic heterocycles. The summed E-state index contributed by atoms with van der Waals surface area (Å²) in [5, 5.41) is 11.7. The van der Waals surface area contributed by atoms with Crippen LogP contribution in [0.2, 0.25) is 0 Å². The van der Waals surface area contributed by atoms with Gasteiger partial charge in [-0.2, -0.15) is 11.8 Å². The Balaban J connectivity index is 2.18. The monoisotopic (exact) mass is 273 g/mol. The summed E-state index contributed by atoms with van der Waals surface area (Å²) >= 11 is 1.79. The second-order valence-corrected chi connectivity index (χ2v) is 6.65. The molecule has 0 aromatic rings. The fourth-order valence-corrected chi connectivity index (χ4v) is 3.24. The second-order valence-electron chi connectivity index (χ2n) is 5.42. The summed E-state index contributed by atoms with van der Waals surface area (Å²) in [7, 11) is 0. The van der Waals surface area contributed by atoms with Gasteiger partial charge in [-0.15, -0.1) is 0 Å². The van der Waals surface area contributed by atoms with Gasteiger partial charge in [-0.25, -0.2) is 0 Å². The second kappa shape index (κ2) is 8.81. The van der Waals surface area contributed by atoms with Crippen LogP contribution in [0.4, 0.5) is 0 Å². The number of aliphatic hydroxyl groups is 1. The van der Waals surface area contributed by atoms with Crippen molar-refractivity contribution in [1.82, 2.24) is 5.32 Å². The third-order valence-corrected chi connectivity index (χ3v) is 4.80. The van der Waals surface area contributed by atoms with Crippen LogP contribution in [-0.2, 0) is 4.79 Å². The smallest absolute Gasteiger partial charge is 0.225 e. The molecule has 0 radical (unpaired) electrons. The van der Waals surface area contributed by atoms with E-state index in [1.807, 2.05) is 0 Å². The lowest BCUT2D eigenvalue weighted by Crippen LogP contribution is -2.39. The normalized spacial score (nSPS) is 19.2. The summed E-state index contributed by atoms with van der Waals surface area (Å²) in [5.74, 6) is 2.16. The molecule has 4 heteroatoms. The Morgan fingerprint density at radius 2 is 1.89 bits per heavy atom. The van der Waals surface area contributed by atoms with Crippen LogP contribution in [-0.4, -0.2) is 35.7 Å². The van der Waals surface area contributed by atoms with E-state index in [4.69, 9.17) is 5.11 Å². The standard InChI is InChI=1S/C14H27NO2S/c1-14(7-4-2-3-5-8-14)13(17)15-9-12-18-11-6-10-16/h16H,2-12H2,1H3,(H,15,17). The SMILES string of the molecule is CC1(C(=O)NCCSCCCO)CCCCCC1. The van der Waals surface area contributed by atoms with Gasteiger partial charge in [-0.1, -0.05) is 32.6 Å². The molecular formula is C14H27NO2S. The van der Waals surface area contributed by atoms with Crippen molar-refractivity contribution in [2.24, 2.45) is 5.41 Å². The minimum atomic E-state index is -0.133. The third-order valence-electron chi connectivity index (χ3n) is 3.73. The Kier molecular flexibility index (Phi) is 7.75. The van der Waals surface area contributed by atoms with Crippen LogP contribution in [0.1, 0.15) is 51.9 Å². The van der Waals surface area contributed by atoms with Gasteiger partial charge in [0.05, 0.1) is 0 Å². The molecule has 1 rings (SSSR count). The Morgan fingerprint density at radius 1 is 1.22 bits per heavy atom. The van der Waals surface area contributed by atoms with E-state index in [0.29, 0.717) is 0 Å². The van der Waals surface area contributed by atoms with Crippen molar-refractivity contribution in [1.29, 1.82) is 0 Å². The summed E-state index contributed by atoms with van der Waals surface area (Å²) in [5.41, 5.74) is -0.133. The maximum Gasteiger partial charge on any atom is 0.225 e. The van der Waals surface area contributed by atoms with E-state index in [1.165, 1.54) is 25.7 Å². The van der Waals surface area contributed by atoms with Crippen molar-refractivity contribution in [3.8, 4) is 0 Å². The lowest BCUT2D eigenvalue weighted by atomic mass is 9.81. The number of hydrogen-bond acceptors (Lipinski definition) is 3. The van der Waals surface area contributed by atoms with Crippen molar-refractivity contribution in [3.05, 3.63) is 0 Å². The fraction of sp³-hybridized carbons (Fsp3) is 0.929. The lowest BCUT2D eigenvalue weighted by molar-refractivity contribution is -0.130. The zero-order valence-corrected chi connectivity index (χ0v) is 12.4. The summed E-state index contributed by atoms with van der Waals surface area (Å²) < 4.78 is 0. The largest absolute Gasteiger partial charge is 0.396 e. The Hall–Kier alpha value is -0.220. The van der Waals surface area contributed by atoms with E-state index in [9.17, 15) is 4.79 Å². The van der Waals surface area contributed by atoms with Gasteiger partial charge >= 0.3 is 0 Å². The average molecular weight is 273 g/mol. The van der Waals surface area contributed by atoms with Gasteiger partial charge in [0.2, 0.25) is 5.91 Å². The minimum absolute atomic E-state index is 0.133. The van der Waals surface area contributed by atoms with E-state index >= 15 is 0 Å². The Bertz CT molecular complexity index is 238. The Morgan fingerprint density at radius 3 is 2.50 bits per heavy atom. The predicted octanol–water partition coefficient (Wildman–Crippen LogP) is 2.58. The highest BCUT2D eigenvalue weighted by Crippen LogP contribution is 2.34. The fourth-order valence-electron chi connectivity index (χ4n) is 2.45. The van der Waals surface area contributed by atoms with Crippen LogP contribution in [0.15, 0.2) is 0 Å². The highest BCUT2D eigenvalue weighted by Gasteiger charge is 2.32. The third kappa shape index (κ3) is 5.61. The van der Waals surface area contributed by atoms with Gasteiger partial charge in [0.15, 0.2) is 0 Å². The van der Waals surface area contributed by atoms with Gasteiger partial charge in [-0.05, 0) is 25.0 Å². The molecule has 0 spiro atoms. The number of hydrogen-bond donors (Lipinski definition) is 2. The van der Waals surface area contributed by atoms with Crippen LogP contribution in [0.5, 0.6) is 0 Å². The van der Waals surface area contributed by atoms with Crippen molar-refractivity contribution in [3.63, 3.8) is 0 Å². The van der Waals surface area contributed by atoms with E-state index in [-0.39, 0.29) is 17.9 Å². The van der Waals surface area contributed by atoms with Crippen LogP contribution >= 0.6 is 11.8 Å². The van der Waals surface area contributed by atoms with Gasteiger partial charge < -0.3 is 10.4 Å². The molecule has 2 N–H and O–H groups in total. The molecule has 0 atom stereocenters. The molecule has 0 aromatic carbocycles. The van der Waals surface area contributed by atoms with E-state index < -0.39 is 0 Å². The molecule has 0 saturated heterocycles. The number of amides is 1. The summed E-state index contributed by atoms with van der Waals surface area (Å²) in [6.45, 7) is 3.13. The number of aliphatic hydroxyl groups excluding tert-OH is 1. The average Bonchev–Trinajstić information content (AvgIpc) is 2.59. The van der Waals surface area contributed by atoms with E-state index in [2.05, 4.69) is 12.2 Å². The van der Waals surface area contributed by atoms with Crippen LogP contribution in [0, 0.1) is 5.41 Å². The quantitative estimate of drug-likeness (QED) is 0.554. The summed E-state index contributed by atoms with van der Waals surface area (Å²) in [4.78, 5) is 12.2. The number of thioether (sulfide) groups is 1. The molecule has 1 amide bonds. The van der Waals surface area contributed by atoms with Crippen molar-refractivity contribution < 1.29 is 9.90 Å². The van der Waals surface area contributed by atoms with Gasteiger partial charge in [0.1, 0.15) is 0 Å². The molecule has 0 heterocycles. The van der Waals surface area contributed by atoms with Crippen LogP contribution < -0.4 is 5.32 Å². The predicted molar refractivity (Wildman–Crippen MR) is 77.8 cm³/mol. The van der Waals surface area contributed by atoms with Crippen LogP contribution in [0.3, 0.4) is 0 Å². The zero-order chi connectivity index (χ0) is 13.3. The maximum absolute atomic E-state index is 12.2. The molecule has 106 valence electrons. The Labute approximate surface area is 115 Å². The minimum Gasteiger partial charge on any atom is -0.396 e. The summed E-state index contributed by atoms with van der Waals surface area (Å²) in [6.07, 6.45) is 7.85.